The Hall–Kier alpha value is -0.540. The molecule has 0 spiro atoms. The fourth-order valence-electron chi connectivity index (χ4n) is 1.01. The summed E-state index contributed by atoms with van der Waals surface area (Å²) in [6.45, 7) is -0.216. The van der Waals surface area contributed by atoms with Crippen molar-refractivity contribution in [3.05, 3.63) is 0 Å². The first-order valence-corrected chi connectivity index (χ1v) is 6.97. The van der Waals surface area contributed by atoms with E-state index in [0.29, 0.717) is 0 Å². The summed E-state index contributed by atoms with van der Waals surface area (Å²) in [5.74, 6) is -1.02. The van der Waals surface area contributed by atoms with Gasteiger partial charge in [0.25, 0.3) is 0 Å². The van der Waals surface area contributed by atoms with E-state index in [1.54, 1.807) is 0 Å². The number of carboxylic acids is 1. The molecular formula is C9H20NO8P. The molecule has 10 heteroatoms. The lowest BCUT2D eigenvalue weighted by Crippen LogP contribution is -2.26. The molecule has 0 saturated carbocycles. The van der Waals surface area contributed by atoms with Gasteiger partial charge in [0.05, 0.1) is 26.4 Å². The third-order valence-electron chi connectivity index (χ3n) is 1.92. The van der Waals surface area contributed by atoms with Crippen LogP contribution in [-0.2, 0) is 27.9 Å². The van der Waals surface area contributed by atoms with Crippen LogP contribution in [-0.4, -0.2) is 69.2 Å². The van der Waals surface area contributed by atoms with Crippen molar-refractivity contribution in [1.29, 1.82) is 0 Å². The van der Waals surface area contributed by atoms with Gasteiger partial charge in [-0.15, -0.1) is 0 Å². The van der Waals surface area contributed by atoms with E-state index in [0.717, 1.165) is 0 Å². The van der Waals surface area contributed by atoms with Crippen LogP contribution in [0.1, 0.15) is 0 Å². The highest BCUT2D eigenvalue weighted by Gasteiger charge is 2.23. The number of methoxy groups -OCH3 is 2. The highest BCUT2D eigenvalue weighted by molar-refractivity contribution is 7.47. The van der Waals surface area contributed by atoms with Gasteiger partial charge < -0.3 is 24.8 Å². The fourth-order valence-corrected chi connectivity index (χ4v) is 1.76. The summed E-state index contributed by atoms with van der Waals surface area (Å²) in [7, 11) is -1.28. The Morgan fingerprint density at radius 1 is 1.32 bits per heavy atom. The number of rotatable bonds is 12. The number of ether oxygens (including phenoxy) is 2. The normalized spacial score (nSPS) is 15.9. The standard InChI is InChI=1S/C9H20NO8P/c1-15-6-8(16-2)7-18-19(13,14)17-4-3-10-5-9(11)12/h8,10H,3-7H2,1-2H3,(H,11,12)(H,13,14). The SMILES string of the molecule is COCC(COP(=O)(O)OCCNCC(=O)O)OC. The molecule has 0 heterocycles. The number of phosphoric ester groups is 1. The highest BCUT2D eigenvalue weighted by atomic mass is 31.2. The molecule has 0 fully saturated rings. The third-order valence-corrected chi connectivity index (χ3v) is 2.90. The molecule has 0 aliphatic heterocycles. The highest BCUT2D eigenvalue weighted by Crippen LogP contribution is 2.42. The van der Waals surface area contributed by atoms with Gasteiger partial charge in [0.1, 0.15) is 6.10 Å². The molecule has 0 aromatic rings. The van der Waals surface area contributed by atoms with Crippen LogP contribution in [0.3, 0.4) is 0 Å². The van der Waals surface area contributed by atoms with Crippen molar-refractivity contribution in [2.45, 2.75) is 6.10 Å². The Morgan fingerprint density at radius 2 is 2.00 bits per heavy atom. The largest absolute Gasteiger partial charge is 0.480 e. The quantitative estimate of drug-likeness (QED) is 0.322. The first-order chi connectivity index (χ1) is 8.91. The summed E-state index contributed by atoms with van der Waals surface area (Å²) in [5, 5.41) is 10.8. The minimum Gasteiger partial charge on any atom is -0.480 e. The number of hydrogen-bond donors (Lipinski definition) is 3. The second-order valence-electron chi connectivity index (χ2n) is 3.48. The van der Waals surface area contributed by atoms with Crippen molar-refractivity contribution in [1.82, 2.24) is 5.32 Å². The summed E-state index contributed by atoms with van der Waals surface area (Å²) in [5.41, 5.74) is 0. The molecule has 3 N–H and O–H groups in total. The van der Waals surface area contributed by atoms with Crippen LogP contribution in [0.4, 0.5) is 0 Å². The van der Waals surface area contributed by atoms with Crippen molar-refractivity contribution in [2.24, 2.45) is 0 Å². The van der Waals surface area contributed by atoms with E-state index >= 15 is 0 Å². The van der Waals surface area contributed by atoms with Gasteiger partial charge in [-0.1, -0.05) is 0 Å². The summed E-state index contributed by atoms with van der Waals surface area (Å²) in [6.07, 6.45) is -0.473. The molecule has 0 aliphatic carbocycles. The molecule has 0 bridgehead atoms. The maximum Gasteiger partial charge on any atom is 0.472 e. The van der Waals surface area contributed by atoms with Crippen LogP contribution in [0.2, 0.25) is 0 Å². The number of carbonyl (C=O) groups is 1. The first-order valence-electron chi connectivity index (χ1n) is 5.47. The molecular weight excluding hydrogens is 281 g/mol. The van der Waals surface area contributed by atoms with Gasteiger partial charge in [-0.25, -0.2) is 4.57 Å². The third kappa shape index (κ3) is 11.0. The van der Waals surface area contributed by atoms with Gasteiger partial charge in [0.2, 0.25) is 0 Å². The predicted molar refractivity (Wildman–Crippen MR) is 64.9 cm³/mol. The van der Waals surface area contributed by atoms with Crippen LogP contribution in [0.5, 0.6) is 0 Å². The average molecular weight is 301 g/mol. The average Bonchev–Trinajstić information content (AvgIpc) is 2.33. The number of aliphatic carboxylic acids is 1. The van der Waals surface area contributed by atoms with E-state index in [2.05, 4.69) is 9.84 Å². The summed E-state index contributed by atoms with van der Waals surface area (Å²) in [4.78, 5) is 19.5. The number of hydrogen-bond acceptors (Lipinski definition) is 7. The molecule has 9 nitrogen and oxygen atoms in total. The molecule has 0 saturated heterocycles. The number of nitrogens with one attached hydrogen (secondary N) is 1. The van der Waals surface area contributed by atoms with Gasteiger partial charge >= 0.3 is 13.8 Å². The molecule has 2 unspecified atom stereocenters. The Morgan fingerprint density at radius 3 is 2.53 bits per heavy atom. The monoisotopic (exact) mass is 301 g/mol. The van der Waals surface area contributed by atoms with Crippen LogP contribution in [0, 0.1) is 0 Å². The fraction of sp³-hybridized carbons (Fsp3) is 0.889. The molecule has 0 rings (SSSR count). The maximum atomic E-state index is 11.4. The van der Waals surface area contributed by atoms with Crippen molar-refractivity contribution in [3.63, 3.8) is 0 Å². The van der Waals surface area contributed by atoms with Crippen LogP contribution in [0.25, 0.3) is 0 Å². The molecule has 0 radical (unpaired) electrons. The zero-order valence-corrected chi connectivity index (χ0v) is 11.8. The minimum absolute atomic E-state index is 0.117. The van der Waals surface area contributed by atoms with Gasteiger partial charge in [0.15, 0.2) is 0 Å². The zero-order valence-electron chi connectivity index (χ0n) is 10.9. The lowest BCUT2D eigenvalue weighted by molar-refractivity contribution is -0.135. The van der Waals surface area contributed by atoms with E-state index in [4.69, 9.17) is 19.1 Å². The van der Waals surface area contributed by atoms with Gasteiger partial charge in [-0.3, -0.25) is 13.8 Å². The Balaban J connectivity index is 3.78. The Labute approximate surface area is 111 Å². The lowest BCUT2D eigenvalue weighted by atomic mass is 10.4. The van der Waals surface area contributed by atoms with Gasteiger partial charge in [0, 0.05) is 20.8 Å². The van der Waals surface area contributed by atoms with Crippen molar-refractivity contribution in [2.75, 3.05) is 47.1 Å². The van der Waals surface area contributed by atoms with Crippen LogP contribution >= 0.6 is 7.82 Å². The second-order valence-corrected chi connectivity index (χ2v) is 4.93. The summed E-state index contributed by atoms with van der Waals surface area (Å²) in [6, 6.07) is 0. The molecule has 114 valence electrons. The van der Waals surface area contributed by atoms with E-state index in [-0.39, 0.29) is 32.9 Å². The maximum absolute atomic E-state index is 11.4. The van der Waals surface area contributed by atoms with Crippen LogP contribution < -0.4 is 5.32 Å². The predicted octanol–water partition coefficient (Wildman–Crippen LogP) is -0.544. The molecule has 0 aliphatic rings. The molecule has 0 amide bonds. The Kier molecular flexibility index (Phi) is 9.98. The van der Waals surface area contributed by atoms with E-state index in [1.165, 1.54) is 14.2 Å². The van der Waals surface area contributed by atoms with Crippen molar-refractivity contribution < 1.29 is 37.9 Å². The Bertz CT molecular complexity index is 300. The first kappa shape index (κ1) is 18.5. The van der Waals surface area contributed by atoms with Crippen molar-refractivity contribution in [3.8, 4) is 0 Å². The second kappa shape index (κ2) is 10.3. The minimum atomic E-state index is -4.17. The van der Waals surface area contributed by atoms with Crippen molar-refractivity contribution >= 4 is 13.8 Å². The lowest BCUT2D eigenvalue weighted by Gasteiger charge is -2.17. The van der Waals surface area contributed by atoms with E-state index in [1.807, 2.05) is 0 Å². The number of carboxylic acid groups (broad SMARTS) is 1. The molecule has 2 atom stereocenters. The zero-order chi connectivity index (χ0) is 14.7. The molecule has 0 aromatic carbocycles. The number of phosphoric acid groups is 1. The smallest absolute Gasteiger partial charge is 0.472 e. The molecule has 19 heavy (non-hydrogen) atoms. The molecule has 0 aromatic heterocycles. The van der Waals surface area contributed by atoms with Gasteiger partial charge in [-0.2, -0.15) is 0 Å². The summed E-state index contributed by atoms with van der Waals surface area (Å²) >= 11 is 0. The van der Waals surface area contributed by atoms with Gasteiger partial charge in [-0.05, 0) is 0 Å². The van der Waals surface area contributed by atoms with E-state index in [9.17, 15) is 14.3 Å². The topological polar surface area (TPSA) is 124 Å². The summed E-state index contributed by atoms with van der Waals surface area (Å²) < 4.78 is 30.5. The van der Waals surface area contributed by atoms with Crippen LogP contribution in [0.15, 0.2) is 0 Å². The van der Waals surface area contributed by atoms with E-state index < -0.39 is 19.9 Å².